The number of rotatable bonds is 2. The Bertz CT molecular complexity index is 840. The summed E-state index contributed by atoms with van der Waals surface area (Å²) in [5, 5.41) is 7.05. The van der Waals surface area contributed by atoms with Crippen molar-refractivity contribution in [2.75, 3.05) is 5.73 Å². The van der Waals surface area contributed by atoms with E-state index < -0.39 is 0 Å². The van der Waals surface area contributed by atoms with E-state index in [1.165, 1.54) is 17.2 Å². The van der Waals surface area contributed by atoms with Crippen LogP contribution in [0.15, 0.2) is 41.3 Å². The number of pyridine rings is 1. The van der Waals surface area contributed by atoms with Crippen molar-refractivity contribution in [2.24, 2.45) is 0 Å². The molecule has 3 aromatic rings. The molecule has 0 fully saturated rings. The van der Waals surface area contributed by atoms with Crippen molar-refractivity contribution in [1.82, 2.24) is 15.2 Å². The van der Waals surface area contributed by atoms with Gasteiger partial charge in [-0.05, 0) is 36.6 Å². The molecular formula is C16H16N4O. The number of anilines is 1. The molecule has 3 rings (SSSR count). The van der Waals surface area contributed by atoms with Crippen molar-refractivity contribution in [2.45, 2.75) is 13.8 Å². The topological polar surface area (TPSA) is 87.6 Å². The molecule has 21 heavy (non-hydrogen) atoms. The van der Waals surface area contributed by atoms with Gasteiger partial charge in [0.1, 0.15) is 0 Å². The van der Waals surface area contributed by atoms with Crippen molar-refractivity contribution in [1.29, 1.82) is 0 Å². The second-order valence-electron chi connectivity index (χ2n) is 5.10. The molecule has 0 saturated carbocycles. The average Bonchev–Trinajstić information content (AvgIpc) is 2.85. The zero-order chi connectivity index (χ0) is 15.0. The lowest BCUT2D eigenvalue weighted by atomic mass is 9.98. The molecule has 0 saturated heterocycles. The lowest BCUT2D eigenvalue weighted by Crippen LogP contribution is -2.01. The second kappa shape index (κ2) is 4.94. The van der Waals surface area contributed by atoms with Crippen molar-refractivity contribution >= 4 is 5.82 Å². The van der Waals surface area contributed by atoms with Gasteiger partial charge >= 0.3 is 0 Å². The number of hydrogen-bond donors (Lipinski definition) is 3. The number of nitrogens with zero attached hydrogens (tertiary/aromatic N) is 1. The first-order valence-corrected chi connectivity index (χ1v) is 6.67. The van der Waals surface area contributed by atoms with Gasteiger partial charge in [-0.25, -0.2) is 0 Å². The molecule has 2 aromatic heterocycles. The molecule has 2 heterocycles. The van der Waals surface area contributed by atoms with Crippen LogP contribution in [-0.4, -0.2) is 15.2 Å². The Balaban J connectivity index is 2.19. The van der Waals surface area contributed by atoms with Gasteiger partial charge in [-0.1, -0.05) is 18.2 Å². The van der Waals surface area contributed by atoms with Crippen LogP contribution in [0.2, 0.25) is 0 Å². The minimum absolute atomic E-state index is 0.140. The van der Waals surface area contributed by atoms with E-state index in [1.54, 1.807) is 12.3 Å². The molecule has 1 aromatic carbocycles. The molecular weight excluding hydrogens is 264 g/mol. The fraction of sp³-hybridized carbons (Fsp3) is 0.125. The Morgan fingerprint density at radius 2 is 1.81 bits per heavy atom. The molecule has 5 heteroatoms. The van der Waals surface area contributed by atoms with Crippen molar-refractivity contribution in [3.05, 3.63) is 58.0 Å². The molecule has 0 spiro atoms. The predicted octanol–water partition coefficient (Wildman–Crippen LogP) is 2.63. The number of nitrogens with one attached hydrogen (secondary N) is 2. The summed E-state index contributed by atoms with van der Waals surface area (Å²) in [7, 11) is 0. The zero-order valence-corrected chi connectivity index (χ0v) is 11.9. The fourth-order valence-corrected chi connectivity index (χ4v) is 2.32. The molecule has 0 aliphatic rings. The number of aromatic amines is 2. The van der Waals surface area contributed by atoms with Gasteiger partial charge in [0.25, 0.3) is 0 Å². The summed E-state index contributed by atoms with van der Waals surface area (Å²) in [6.07, 6.45) is 1.65. The summed E-state index contributed by atoms with van der Waals surface area (Å²) < 4.78 is 0. The maximum atomic E-state index is 11.2. The van der Waals surface area contributed by atoms with E-state index in [-0.39, 0.29) is 5.56 Å². The summed E-state index contributed by atoms with van der Waals surface area (Å²) in [5.41, 5.74) is 11.8. The highest BCUT2D eigenvalue weighted by molar-refractivity contribution is 5.87. The zero-order valence-electron chi connectivity index (χ0n) is 11.9. The summed E-state index contributed by atoms with van der Waals surface area (Å²) in [6.45, 7) is 4.13. The Morgan fingerprint density at radius 3 is 2.48 bits per heavy atom. The van der Waals surface area contributed by atoms with E-state index in [4.69, 9.17) is 5.73 Å². The van der Waals surface area contributed by atoms with Gasteiger partial charge in [-0.2, -0.15) is 5.10 Å². The van der Waals surface area contributed by atoms with Gasteiger partial charge in [0, 0.05) is 17.8 Å². The number of H-pyrrole nitrogens is 2. The van der Waals surface area contributed by atoms with Crippen LogP contribution in [0, 0.1) is 13.8 Å². The van der Waals surface area contributed by atoms with Crippen molar-refractivity contribution in [3.8, 4) is 22.4 Å². The predicted molar refractivity (Wildman–Crippen MR) is 84.0 cm³/mol. The molecule has 0 aliphatic carbocycles. The van der Waals surface area contributed by atoms with E-state index in [2.05, 4.69) is 41.2 Å². The van der Waals surface area contributed by atoms with Crippen LogP contribution in [0.1, 0.15) is 11.1 Å². The Kier molecular flexibility index (Phi) is 3.10. The second-order valence-corrected chi connectivity index (χ2v) is 5.10. The largest absolute Gasteiger partial charge is 0.382 e. The van der Waals surface area contributed by atoms with Crippen LogP contribution in [0.4, 0.5) is 5.82 Å². The van der Waals surface area contributed by atoms with Crippen LogP contribution in [0.3, 0.4) is 0 Å². The molecule has 0 aliphatic heterocycles. The summed E-state index contributed by atoms with van der Waals surface area (Å²) >= 11 is 0. The number of nitrogens with two attached hydrogens (primary N) is 1. The van der Waals surface area contributed by atoms with E-state index in [1.807, 2.05) is 6.07 Å². The molecule has 0 bridgehead atoms. The molecule has 5 nitrogen and oxygen atoms in total. The number of hydrogen-bond acceptors (Lipinski definition) is 3. The molecule has 0 amide bonds. The highest BCUT2D eigenvalue weighted by Crippen LogP contribution is 2.34. The molecule has 0 atom stereocenters. The molecule has 4 N–H and O–H groups in total. The Hall–Kier alpha value is -2.82. The first-order chi connectivity index (χ1) is 10.1. The van der Waals surface area contributed by atoms with Crippen LogP contribution < -0.4 is 11.3 Å². The standard InChI is InChI=1S/C16H16N4O/c1-9-3-4-11(7-10(9)2)14-15(19-20-16(14)17)12-5-6-13(21)18-8-12/h3-8H,1-2H3,(H,18,21)(H3,17,19,20). The summed E-state index contributed by atoms with van der Waals surface area (Å²) in [6, 6.07) is 9.41. The van der Waals surface area contributed by atoms with Gasteiger partial charge in [0.2, 0.25) is 5.56 Å². The van der Waals surface area contributed by atoms with Crippen LogP contribution >= 0.6 is 0 Å². The SMILES string of the molecule is Cc1ccc(-c2c(N)n[nH]c2-c2ccc(=O)[nH]c2)cc1C. The fourth-order valence-electron chi connectivity index (χ4n) is 2.32. The molecule has 0 radical (unpaired) electrons. The minimum Gasteiger partial charge on any atom is -0.382 e. The first kappa shape index (κ1) is 13.2. The third-order valence-corrected chi connectivity index (χ3v) is 3.66. The van der Waals surface area contributed by atoms with Gasteiger partial charge in [-0.15, -0.1) is 0 Å². The number of benzene rings is 1. The van der Waals surface area contributed by atoms with Crippen molar-refractivity contribution in [3.63, 3.8) is 0 Å². The Morgan fingerprint density at radius 1 is 1.05 bits per heavy atom. The third-order valence-electron chi connectivity index (χ3n) is 3.66. The summed E-state index contributed by atoms with van der Waals surface area (Å²) in [4.78, 5) is 13.9. The maximum absolute atomic E-state index is 11.2. The molecule has 0 unspecified atom stereocenters. The molecule has 106 valence electrons. The number of aromatic nitrogens is 3. The van der Waals surface area contributed by atoms with Crippen molar-refractivity contribution < 1.29 is 0 Å². The van der Waals surface area contributed by atoms with Crippen LogP contribution in [0.25, 0.3) is 22.4 Å². The van der Waals surface area contributed by atoms with Gasteiger partial charge in [-0.3, -0.25) is 9.89 Å². The number of aryl methyl sites for hydroxylation is 2. The van der Waals surface area contributed by atoms with Crippen LogP contribution in [0.5, 0.6) is 0 Å². The Labute approximate surface area is 121 Å². The van der Waals surface area contributed by atoms with Gasteiger partial charge in [0.15, 0.2) is 5.82 Å². The number of nitrogen functional groups attached to an aromatic ring is 1. The van der Waals surface area contributed by atoms with E-state index >= 15 is 0 Å². The highest BCUT2D eigenvalue weighted by atomic mass is 16.1. The lowest BCUT2D eigenvalue weighted by molar-refractivity contribution is 1.10. The van der Waals surface area contributed by atoms with E-state index in [0.717, 1.165) is 22.4 Å². The third kappa shape index (κ3) is 2.33. The van der Waals surface area contributed by atoms with E-state index in [9.17, 15) is 4.79 Å². The van der Waals surface area contributed by atoms with E-state index in [0.29, 0.717) is 5.82 Å². The highest BCUT2D eigenvalue weighted by Gasteiger charge is 2.15. The average molecular weight is 280 g/mol. The minimum atomic E-state index is -0.140. The lowest BCUT2D eigenvalue weighted by Gasteiger charge is -2.07. The summed E-state index contributed by atoms with van der Waals surface area (Å²) in [5.74, 6) is 0.444. The first-order valence-electron chi connectivity index (χ1n) is 6.67. The van der Waals surface area contributed by atoms with Crippen LogP contribution in [-0.2, 0) is 0 Å². The monoisotopic (exact) mass is 280 g/mol. The van der Waals surface area contributed by atoms with Gasteiger partial charge < -0.3 is 10.7 Å². The maximum Gasteiger partial charge on any atom is 0.247 e. The smallest absolute Gasteiger partial charge is 0.247 e. The van der Waals surface area contributed by atoms with Gasteiger partial charge in [0.05, 0.1) is 11.3 Å². The quantitative estimate of drug-likeness (QED) is 0.674. The normalized spacial score (nSPS) is 10.8.